The van der Waals surface area contributed by atoms with Gasteiger partial charge in [-0.1, -0.05) is 6.07 Å². The highest BCUT2D eigenvalue weighted by Crippen LogP contribution is 2.37. The van der Waals surface area contributed by atoms with Crippen molar-refractivity contribution in [1.82, 2.24) is 14.9 Å². The Hall–Kier alpha value is -3.55. The average molecular weight is 407 g/mol. The predicted molar refractivity (Wildman–Crippen MR) is 116 cm³/mol. The number of amides is 2. The summed E-state index contributed by atoms with van der Waals surface area (Å²) in [5, 5.41) is 9.83. The Balaban J connectivity index is 1.75. The number of nitrogens with one attached hydrogen (secondary N) is 3. The van der Waals surface area contributed by atoms with E-state index in [1.807, 2.05) is 24.4 Å². The lowest BCUT2D eigenvalue weighted by Gasteiger charge is -2.17. The molecule has 0 unspecified atom stereocenters. The summed E-state index contributed by atoms with van der Waals surface area (Å²) >= 11 is 0. The Morgan fingerprint density at radius 1 is 1.23 bits per heavy atom. The highest BCUT2D eigenvalue weighted by molar-refractivity contribution is 6.02. The third kappa shape index (κ3) is 3.68. The number of hydrogen-bond acceptors (Lipinski definition) is 5. The van der Waals surface area contributed by atoms with E-state index in [1.54, 1.807) is 20.2 Å². The number of ether oxygens (including phenoxy) is 1. The number of carbonyl (C=O) groups is 2. The van der Waals surface area contributed by atoms with Gasteiger partial charge < -0.3 is 25.3 Å². The van der Waals surface area contributed by atoms with E-state index < -0.39 is 0 Å². The van der Waals surface area contributed by atoms with Crippen LogP contribution in [0.25, 0.3) is 10.9 Å². The second kappa shape index (κ2) is 8.06. The van der Waals surface area contributed by atoms with Gasteiger partial charge >= 0.3 is 0 Å². The highest BCUT2D eigenvalue weighted by Gasteiger charge is 2.30. The molecule has 8 nitrogen and oxygen atoms in total. The minimum atomic E-state index is -0.276. The van der Waals surface area contributed by atoms with Gasteiger partial charge in [0, 0.05) is 43.4 Å². The van der Waals surface area contributed by atoms with E-state index >= 15 is 0 Å². The minimum Gasteiger partial charge on any atom is -0.492 e. The van der Waals surface area contributed by atoms with Crippen LogP contribution in [-0.4, -0.2) is 35.5 Å². The average Bonchev–Trinajstić information content (AvgIpc) is 3.53. The third-order valence-corrected chi connectivity index (χ3v) is 5.27. The highest BCUT2D eigenvalue weighted by atomic mass is 16.5. The summed E-state index contributed by atoms with van der Waals surface area (Å²) in [5.41, 5.74) is 2.59. The summed E-state index contributed by atoms with van der Waals surface area (Å²) in [6.45, 7) is 2.87. The summed E-state index contributed by atoms with van der Waals surface area (Å²) in [7, 11) is 3.19. The molecule has 1 aliphatic rings. The number of nitrogens with zero attached hydrogens (tertiary/aromatic N) is 2. The van der Waals surface area contributed by atoms with E-state index in [1.165, 1.54) is 6.20 Å². The van der Waals surface area contributed by atoms with Gasteiger partial charge in [0.15, 0.2) is 5.75 Å². The van der Waals surface area contributed by atoms with Gasteiger partial charge in [-0.3, -0.25) is 9.59 Å². The molecule has 30 heavy (non-hydrogen) atoms. The molecule has 0 bridgehead atoms. The standard InChI is InChI=1S/C22H25N5O3/c1-4-27-10-9-13-7-8-16(20(30-3)19(13)27)25-17-11-18(26-21(28)14-5-6-14)24-12-15(17)22(29)23-2/h7-12,14H,4-6H2,1-3H3,(H,23,29)(H2,24,25,26,28). The maximum Gasteiger partial charge on any atom is 0.254 e. The van der Waals surface area contributed by atoms with Crippen LogP contribution in [0.3, 0.4) is 0 Å². The zero-order chi connectivity index (χ0) is 21.3. The van der Waals surface area contributed by atoms with Gasteiger partial charge in [-0.15, -0.1) is 0 Å². The Kier molecular flexibility index (Phi) is 5.31. The SMILES string of the molecule is CCn1ccc2ccc(Nc3cc(NC(=O)C4CC4)ncc3C(=O)NC)c(OC)c21. The number of anilines is 3. The van der Waals surface area contributed by atoms with Crippen LogP contribution in [-0.2, 0) is 11.3 Å². The summed E-state index contributed by atoms with van der Waals surface area (Å²) in [4.78, 5) is 28.8. The molecule has 0 atom stereocenters. The smallest absolute Gasteiger partial charge is 0.254 e. The molecule has 2 heterocycles. The molecule has 1 aromatic carbocycles. The molecular weight excluding hydrogens is 382 g/mol. The molecule has 3 N–H and O–H groups in total. The van der Waals surface area contributed by atoms with E-state index in [4.69, 9.17) is 4.74 Å². The van der Waals surface area contributed by atoms with Gasteiger partial charge in [0.05, 0.1) is 29.6 Å². The second-order valence-corrected chi connectivity index (χ2v) is 7.27. The van der Waals surface area contributed by atoms with Crippen LogP contribution in [0.5, 0.6) is 5.75 Å². The van der Waals surface area contributed by atoms with Crippen molar-refractivity contribution >= 4 is 39.9 Å². The first-order valence-corrected chi connectivity index (χ1v) is 10.0. The molecule has 1 aliphatic carbocycles. The Morgan fingerprint density at radius 3 is 2.70 bits per heavy atom. The number of pyridine rings is 1. The Bertz CT molecular complexity index is 1120. The second-order valence-electron chi connectivity index (χ2n) is 7.27. The van der Waals surface area contributed by atoms with Crippen LogP contribution in [0.4, 0.5) is 17.2 Å². The molecule has 0 saturated heterocycles. The monoisotopic (exact) mass is 407 g/mol. The number of fused-ring (bicyclic) bond motifs is 1. The van der Waals surface area contributed by atoms with Crippen LogP contribution < -0.4 is 20.7 Å². The van der Waals surface area contributed by atoms with Crippen molar-refractivity contribution in [3.8, 4) is 5.75 Å². The zero-order valence-corrected chi connectivity index (χ0v) is 17.3. The van der Waals surface area contributed by atoms with Crippen molar-refractivity contribution in [3.05, 3.63) is 42.2 Å². The molecular formula is C22H25N5O3. The van der Waals surface area contributed by atoms with Gasteiger partial charge in [0.1, 0.15) is 5.82 Å². The first-order valence-electron chi connectivity index (χ1n) is 10.0. The molecule has 0 aliphatic heterocycles. The van der Waals surface area contributed by atoms with E-state index in [-0.39, 0.29) is 17.7 Å². The predicted octanol–water partition coefficient (Wildman–Crippen LogP) is 3.52. The van der Waals surface area contributed by atoms with Gasteiger partial charge in [-0.05, 0) is 31.9 Å². The van der Waals surface area contributed by atoms with Crippen molar-refractivity contribution in [2.24, 2.45) is 5.92 Å². The molecule has 0 radical (unpaired) electrons. The fourth-order valence-electron chi connectivity index (χ4n) is 3.49. The Labute approximate surface area is 174 Å². The van der Waals surface area contributed by atoms with E-state index in [2.05, 4.69) is 32.4 Å². The lowest BCUT2D eigenvalue weighted by Crippen LogP contribution is -2.20. The number of rotatable bonds is 7. The Morgan fingerprint density at radius 2 is 2.03 bits per heavy atom. The third-order valence-electron chi connectivity index (χ3n) is 5.27. The van der Waals surface area contributed by atoms with Gasteiger partial charge in [0.2, 0.25) is 5.91 Å². The molecule has 0 spiro atoms. The number of benzene rings is 1. The van der Waals surface area contributed by atoms with Gasteiger partial charge in [-0.2, -0.15) is 0 Å². The van der Waals surface area contributed by atoms with E-state index in [9.17, 15) is 9.59 Å². The minimum absolute atomic E-state index is 0.0408. The van der Waals surface area contributed by atoms with E-state index in [0.717, 1.165) is 30.3 Å². The van der Waals surface area contributed by atoms with Crippen molar-refractivity contribution in [2.75, 3.05) is 24.8 Å². The number of hydrogen-bond donors (Lipinski definition) is 3. The largest absolute Gasteiger partial charge is 0.492 e. The first kappa shape index (κ1) is 19.8. The normalized spacial score (nSPS) is 13.2. The summed E-state index contributed by atoms with van der Waals surface area (Å²) in [5.74, 6) is 0.829. The van der Waals surface area contributed by atoms with E-state index in [0.29, 0.717) is 28.5 Å². The van der Waals surface area contributed by atoms with Crippen LogP contribution in [0.15, 0.2) is 36.7 Å². The lowest BCUT2D eigenvalue weighted by atomic mass is 10.1. The molecule has 8 heteroatoms. The summed E-state index contributed by atoms with van der Waals surface area (Å²) in [6.07, 6.45) is 5.29. The molecule has 1 fully saturated rings. The van der Waals surface area contributed by atoms with Crippen LogP contribution >= 0.6 is 0 Å². The maximum atomic E-state index is 12.4. The van der Waals surface area contributed by atoms with Gasteiger partial charge in [0.25, 0.3) is 5.91 Å². The van der Waals surface area contributed by atoms with Gasteiger partial charge in [-0.25, -0.2) is 4.98 Å². The molecule has 4 rings (SSSR count). The van der Waals surface area contributed by atoms with Crippen molar-refractivity contribution in [2.45, 2.75) is 26.3 Å². The first-order chi connectivity index (χ1) is 14.5. The molecule has 3 aromatic rings. The molecule has 156 valence electrons. The fourth-order valence-corrected chi connectivity index (χ4v) is 3.49. The number of aryl methyl sites for hydroxylation is 1. The zero-order valence-electron chi connectivity index (χ0n) is 17.3. The van der Waals surface area contributed by atoms with Crippen molar-refractivity contribution in [1.29, 1.82) is 0 Å². The van der Waals surface area contributed by atoms with Crippen LogP contribution in [0.1, 0.15) is 30.1 Å². The molecule has 2 amide bonds. The van der Waals surface area contributed by atoms with Crippen molar-refractivity contribution in [3.63, 3.8) is 0 Å². The van der Waals surface area contributed by atoms with Crippen LogP contribution in [0, 0.1) is 5.92 Å². The van der Waals surface area contributed by atoms with Crippen molar-refractivity contribution < 1.29 is 14.3 Å². The summed E-state index contributed by atoms with van der Waals surface area (Å²) < 4.78 is 7.83. The fraction of sp³-hybridized carbons (Fsp3) is 0.318. The number of carbonyl (C=O) groups excluding carboxylic acids is 2. The number of methoxy groups -OCH3 is 1. The lowest BCUT2D eigenvalue weighted by molar-refractivity contribution is -0.117. The maximum absolute atomic E-state index is 12.4. The number of aromatic nitrogens is 2. The molecule has 2 aromatic heterocycles. The quantitative estimate of drug-likeness (QED) is 0.557. The summed E-state index contributed by atoms with van der Waals surface area (Å²) in [6, 6.07) is 7.63. The molecule has 1 saturated carbocycles. The topological polar surface area (TPSA) is 97.3 Å². The van der Waals surface area contributed by atoms with Crippen LogP contribution in [0.2, 0.25) is 0 Å².